The zero-order valence-corrected chi connectivity index (χ0v) is 30.0. The van der Waals surface area contributed by atoms with E-state index in [0.29, 0.717) is 0 Å². The lowest BCUT2D eigenvalue weighted by Crippen LogP contribution is -2.16. The average molecular weight is 663 g/mol. The Hall–Kier alpha value is -5.98. The van der Waals surface area contributed by atoms with Gasteiger partial charge in [0, 0.05) is 10.8 Å². The summed E-state index contributed by atoms with van der Waals surface area (Å²) in [4.78, 5) is 0. The maximum atomic E-state index is 2.57. The van der Waals surface area contributed by atoms with Crippen LogP contribution in [0.3, 0.4) is 0 Å². The van der Waals surface area contributed by atoms with E-state index in [0.717, 1.165) is 0 Å². The van der Waals surface area contributed by atoms with Crippen LogP contribution in [0.2, 0.25) is 0 Å². The van der Waals surface area contributed by atoms with Crippen molar-refractivity contribution >= 4 is 43.1 Å². The first-order valence-electron chi connectivity index (χ1n) is 18.6. The van der Waals surface area contributed by atoms with Gasteiger partial charge >= 0.3 is 0 Å². The molecular weight excluding hydrogens is 625 g/mol. The summed E-state index contributed by atoms with van der Waals surface area (Å²) in [6, 6.07) is 59.4. The summed E-state index contributed by atoms with van der Waals surface area (Å²) in [6.07, 6.45) is 0. The quantitative estimate of drug-likeness (QED) is 0.128. The van der Waals surface area contributed by atoms with Crippen molar-refractivity contribution in [2.45, 2.75) is 38.5 Å². The van der Waals surface area contributed by atoms with Crippen LogP contribution < -0.4 is 0 Å². The van der Waals surface area contributed by atoms with Gasteiger partial charge in [-0.05, 0) is 122 Å². The van der Waals surface area contributed by atoms with Gasteiger partial charge in [0.05, 0.1) is 0 Å². The Morgan fingerprint density at radius 3 is 1.38 bits per heavy atom. The Kier molecular flexibility index (Phi) is 5.89. The largest absolute Gasteiger partial charge is 0.0622 e. The van der Waals surface area contributed by atoms with E-state index < -0.39 is 0 Å². The summed E-state index contributed by atoms with van der Waals surface area (Å²) in [5.41, 5.74) is 16.2. The van der Waals surface area contributed by atoms with Crippen molar-refractivity contribution in [3.63, 3.8) is 0 Å². The molecule has 0 saturated heterocycles. The molecule has 52 heavy (non-hydrogen) atoms. The minimum Gasteiger partial charge on any atom is -0.0622 e. The van der Waals surface area contributed by atoms with E-state index in [-0.39, 0.29) is 10.8 Å². The molecule has 0 amide bonds. The highest BCUT2D eigenvalue weighted by Crippen LogP contribution is 2.59. The van der Waals surface area contributed by atoms with Crippen LogP contribution in [0.1, 0.15) is 49.9 Å². The fraction of sp³-hybridized carbons (Fsp3) is 0.115. The lowest BCUT2D eigenvalue weighted by Gasteiger charge is -2.24. The second kappa shape index (κ2) is 10.3. The molecule has 0 fully saturated rings. The Morgan fingerprint density at radius 2 is 0.750 bits per heavy atom. The van der Waals surface area contributed by atoms with E-state index >= 15 is 0 Å². The van der Waals surface area contributed by atoms with E-state index in [2.05, 4.69) is 185 Å². The van der Waals surface area contributed by atoms with Gasteiger partial charge in [-0.2, -0.15) is 0 Å². The smallest absolute Gasteiger partial charge is 0.0159 e. The van der Waals surface area contributed by atoms with Gasteiger partial charge in [-0.3, -0.25) is 0 Å². The molecule has 0 radical (unpaired) electrons. The van der Waals surface area contributed by atoms with Crippen LogP contribution in [0, 0.1) is 0 Å². The molecule has 0 unspecified atom stereocenters. The van der Waals surface area contributed by atoms with Crippen LogP contribution in [0.15, 0.2) is 158 Å². The number of fused-ring (bicyclic) bond motifs is 13. The van der Waals surface area contributed by atoms with Crippen molar-refractivity contribution in [1.82, 2.24) is 0 Å². The number of benzene rings is 9. The van der Waals surface area contributed by atoms with Crippen LogP contribution in [-0.4, -0.2) is 0 Å². The molecule has 0 aliphatic heterocycles. The van der Waals surface area contributed by atoms with Crippen LogP contribution in [0.25, 0.3) is 87.6 Å². The standard InChI is InChI=1S/C52H38/c1-51(2)42-27-23-31-15-11-12-20-34(31)48(42)40-29-45-41(30-44(40)51)49-37-24-25-39-46(32-16-7-5-8-17-32)35-21-13-14-22-36(35)47(33-18-9-6-10-19-33)50(39)38(37)26-28-43(49)52(45,3)4/h5-30H,1-4H3. The zero-order valence-electron chi connectivity index (χ0n) is 30.0. The summed E-state index contributed by atoms with van der Waals surface area (Å²) in [7, 11) is 0. The van der Waals surface area contributed by atoms with Crippen molar-refractivity contribution in [2.75, 3.05) is 0 Å². The summed E-state index contributed by atoms with van der Waals surface area (Å²) in [5.74, 6) is 0. The SMILES string of the molecule is CC1(C)c2cc3c(cc2-c2c1ccc1ccccc21)C(C)(C)c1ccc2c(ccc4c(-c5ccccc5)c5ccccc5c(-c5ccccc5)c42)c1-3. The van der Waals surface area contributed by atoms with E-state index in [1.54, 1.807) is 0 Å². The average Bonchev–Trinajstić information content (AvgIpc) is 3.55. The van der Waals surface area contributed by atoms with Gasteiger partial charge in [0.15, 0.2) is 0 Å². The Labute approximate surface area is 305 Å². The third kappa shape index (κ3) is 3.77. The predicted octanol–water partition coefficient (Wildman–Crippen LogP) is 14.2. The minimum absolute atomic E-state index is 0.0993. The Morgan fingerprint density at radius 1 is 0.308 bits per heavy atom. The minimum atomic E-state index is -0.138. The van der Waals surface area contributed by atoms with Gasteiger partial charge in [-0.15, -0.1) is 0 Å². The predicted molar refractivity (Wildman–Crippen MR) is 222 cm³/mol. The van der Waals surface area contributed by atoms with Crippen molar-refractivity contribution in [3.05, 3.63) is 180 Å². The van der Waals surface area contributed by atoms with Crippen LogP contribution in [0.5, 0.6) is 0 Å². The first-order valence-corrected chi connectivity index (χ1v) is 18.6. The van der Waals surface area contributed by atoms with E-state index in [9.17, 15) is 0 Å². The lowest BCUT2D eigenvalue weighted by atomic mass is 9.79. The topological polar surface area (TPSA) is 0 Å². The van der Waals surface area contributed by atoms with Crippen molar-refractivity contribution in [1.29, 1.82) is 0 Å². The molecule has 0 heterocycles. The van der Waals surface area contributed by atoms with Crippen LogP contribution in [0.4, 0.5) is 0 Å². The highest BCUT2D eigenvalue weighted by atomic mass is 14.5. The highest BCUT2D eigenvalue weighted by Gasteiger charge is 2.42. The molecule has 11 rings (SSSR count). The van der Waals surface area contributed by atoms with Gasteiger partial charge < -0.3 is 0 Å². The number of rotatable bonds is 2. The van der Waals surface area contributed by atoms with Gasteiger partial charge in [-0.25, -0.2) is 0 Å². The number of hydrogen-bond acceptors (Lipinski definition) is 0. The fourth-order valence-electron chi connectivity index (χ4n) is 10.1. The molecule has 0 spiro atoms. The summed E-state index contributed by atoms with van der Waals surface area (Å²) in [6.45, 7) is 9.69. The molecule has 0 aromatic heterocycles. The molecule has 0 atom stereocenters. The maximum Gasteiger partial charge on any atom is 0.0159 e. The Balaban J connectivity index is 1.27. The molecular formula is C52H38. The fourth-order valence-corrected chi connectivity index (χ4v) is 10.1. The second-order valence-corrected chi connectivity index (χ2v) is 16.0. The molecule has 0 N–H and O–H groups in total. The van der Waals surface area contributed by atoms with Gasteiger partial charge in [0.25, 0.3) is 0 Å². The summed E-state index contributed by atoms with van der Waals surface area (Å²) >= 11 is 0. The lowest BCUT2D eigenvalue weighted by molar-refractivity contribution is 0.652. The molecule has 0 bridgehead atoms. The second-order valence-electron chi connectivity index (χ2n) is 16.0. The molecule has 2 aliphatic carbocycles. The van der Waals surface area contributed by atoms with E-state index in [4.69, 9.17) is 0 Å². The molecule has 0 nitrogen and oxygen atoms in total. The van der Waals surface area contributed by atoms with Crippen molar-refractivity contribution in [2.24, 2.45) is 0 Å². The monoisotopic (exact) mass is 662 g/mol. The van der Waals surface area contributed by atoms with Crippen molar-refractivity contribution in [3.8, 4) is 44.5 Å². The van der Waals surface area contributed by atoms with Crippen molar-refractivity contribution < 1.29 is 0 Å². The normalized spacial score (nSPS) is 14.8. The molecule has 9 aromatic carbocycles. The van der Waals surface area contributed by atoms with Crippen LogP contribution in [-0.2, 0) is 10.8 Å². The van der Waals surface area contributed by atoms with Gasteiger partial charge in [-0.1, -0.05) is 173 Å². The zero-order chi connectivity index (χ0) is 34.9. The molecule has 246 valence electrons. The molecule has 0 heteroatoms. The first kappa shape index (κ1) is 29.7. The number of hydrogen-bond donors (Lipinski definition) is 0. The molecule has 9 aromatic rings. The third-order valence-electron chi connectivity index (χ3n) is 12.6. The summed E-state index contributed by atoms with van der Waals surface area (Å²) in [5, 5.41) is 10.5. The van der Waals surface area contributed by atoms with Crippen LogP contribution >= 0.6 is 0 Å². The molecule has 2 aliphatic rings. The third-order valence-corrected chi connectivity index (χ3v) is 12.6. The molecule has 0 saturated carbocycles. The van der Waals surface area contributed by atoms with E-state index in [1.165, 1.54) is 110 Å². The maximum absolute atomic E-state index is 2.57. The van der Waals surface area contributed by atoms with E-state index in [1.807, 2.05) is 0 Å². The Bertz CT molecular complexity index is 2980. The van der Waals surface area contributed by atoms with Gasteiger partial charge in [0.2, 0.25) is 0 Å². The highest BCUT2D eigenvalue weighted by molar-refractivity contribution is 6.29. The first-order chi connectivity index (χ1) is 25.3. The van der Waals surface area contributed by atoms with Gasteiger partial charge in [0.1, 0.15) is 0 Å². The summed E-state index contributed by atoms with van der Waals surface area (Å²) < 4.78 is 0.